The minimum atomic E-state index is -0.907. The number of fused-ring (bicyclic) bond motifs is 1. The fraction of sp³-hybridized carbons (Fsp3) is 0.485. The van der Waals surface area contributed by atoms with Gasteiger partial charge < -0.3 is 4.74 Å². The fourth-order valence-corrected chi connectivity index (χ4v) is 6.47. The molecule has 38 heavy (non-hydrogen) atoms. The third-order valence-electron chi connectivity index (χ3n) is 8.47. The zero-order chi connectivity index (χ0) is 27.1. The Morgan fingerprint density at radius 1 is 0.868 bits per heavy atom. The number of halogens is 3. The van der Waals surface area contributed by atoms with Crippen LogP contribution in [-0.4, -0.2) is 5.97 Å². The molecule has 0 radical (unpaired) electrons. The van der Waals surface area contributed by atoms with E-state index >= 15 is 8.78 Å². The van der Waals surface area contributed by atoms with Gasteiger partial charge in [0.2, 0.25) is 0 Å². The van der Waals surface area contributed by atoms with Crippen molar-refractivity contribution in [2.45, 2.75) is 84.0 Å². The van der Waals surface area contributed by atoms with Gasteiger partial charge in [-0.05, 0) is 119 Å². The van der Waals surface area contributed by atoms with Crippen molar-refractivity contribution in [3.05, 3.63) is 88.8 Å². The molecule has 0 saturated heterocycles. The summed E-state index contributed by atoms with van der Waals surface area (Å²) < 4.78 is 50.0. The Labute approximate surface area is 225 Å². The SMILES string of the molecule is C/C=C/CCc1ccc(OC(=O)c2cc(F)c(C3CCC4CC(CC/C=C/C)CCC4C3)c(F)c2)cc1F. The monoisotopic (exact) mass is 524 g/mol. The molecule has 4 rings (SSSR count). The largest absolute Gasteiger partial charge is 0.423 e. The van der Waals surface area contributed by atoms with E-state index in [-0.39, 0.29) is 22.8 Å². The van der Waals surface area contributed by atoms with Crippen molar-refractivity contribution in [3.8, 4) is 5.75 Å². The van der Waals surface area contributed by atoms with Crippen molar-refractivity contribution < 1.29 is 22.7 Å². The van der Waals surface area contributed by atoms with E-state index in [0.29, 0.717) is 30.2 Å². The Morgan fingerprint density at radius 2 is 1.55 bits per heavy atom. The molecule has 0 heterocycles. The van der Waals surface area contributed by atoms with Gasteiger partial charge in [0, 0.05) is 11.6 Å². The average Bonchev–Trinajstić information content (AvgIpc) is 2.89. The molecule has 5 heteroatoms. The molecular formula is C33H39F3O2. The number of ether oxygens (including phenoxy) is 1. The summed E-state index contributed by atoms with van der Waals surface area (Å²) >= 11 is 0. The van der Waals surface area contributed by atoms with Gasteiger partial charge in [-0.2, -0.15) is 0 Å². The molecule has 0 aliphatic heterocycles. The van der Waals surface area contributed by atoms with Crippen molar-refractivity contribution >= 4 is 5.97 Å². The highest BCUT2D eigenvalue weighted by Crippen LogP contribution is 2.49. The minimum absolute atomic E-state index is 0.00631. The van der Waals surface area contributed by atoms with Crippen LogP contribution in [0, 0.1) is 35.2 Å². The Morgan fingerprint density at radius 3 is 2.26 bits per heavy atom. The first-order valence-corrected chi connectivity index (χ1v) is 14.1. The molecule has 4 unspecified atom stereocenters. The van der Waals surface area contributed by atoms with E-state index in [4.69, 9.17) is 4.74 Å². The van der Waals surface area contributed by atoms with Crippen LogP contribution in [0.1, 0.15) is 99.0 Å². The van der Waals surface area contributed by atoms with Gasteiger partial charge in [0.1, 0.15) is 23.2 Å². The third kappa shape index (κ3) is 6.98. The summed E-state index contributed by atoms with van der Waals surface area (Å²) in [7, 11) is 0. The topological polar surface area (TPSA) is 26.3 Å². The Balaban J connectivity index is 1.38. The fourth-order valence-electron chi connectivity index (χ4n) is 6.47. The quantitative estimate of drug-likeness (QED) is 0.185. The maximum atomic E-state index is 15.2. The van der Waals surface area contributed by atoms with Gasteiger partial charge in [0.05, 0.1) is 5.56 Å². The summed E-state index contributed by atoms with van der Waals surface area (Å²) in [4.78, 5) is 12.6. The van der Waals surface area contributed by atoms with Crippen LogP contribution >= 0.6 is 0 Å². The minimum Gasteiger partial charge on any atom is -0.423 e. The van der Waals surface area contributed by atoms with E-state index in [0.717, 1.165) is 56.2 Å². The summed E-state index contributed by atoms with van der Waals surface area (Å²) in [5.74, 6) is -1.05. The van der Waals surface area contributed by atoms with Crippen LogP contribution in [-0.2, 0) is 6.42 Å². The number of esters is 1. The Kier molecular flexibility index (Phi) is 9.87. The van der Waals surface area contributed by atoms with Crippen LogP contribution in [0.15, 0.2) is 54.6 Å². The summed E-state index contributed by atoms with van der Waals surface area (Å²) in [6.07, 6.45) is 17.9. The van der Waals surface area contributed by atoms with Crippen molar-refractivity contribution in [3.63, 3.8) is 0 Å². The zero-order valence-electron chi connectivity index (χ0n) is 22.5. The first-order valence-electron chi connectivity index (χ1n) is 14.1. The zero-order valence-corrected chi connectivity index (χ0v) is 22.5. The van der Waals surface area contributed by atoms with Crippen LogP contribution < -0.4 is 4.74 Å². The highest BCUT2D eigenvalue weighted by Gasteiger charge is 2.37. The van der Waals surface area contributed by atoms with E-state index in [1.54, 1.807) is 6.07 Å². The lowest BCUT2D eigenvalue weighted by molar-refractivity contribution is 0.0733. The molecule has 204 valence electrons. The summed E-state index contributed by atoms with van der Waals surface area (Å²) in [6, 6.07) is 6.33. The number of aryl methyl sites for hydroxylation is 1. The molecule has 2 aromatic carbocycles. The van der Waals surface area contributed by atoms with E-state index < -0.39 is 23.4 Å². The maximum absolute atomic E-state index is 15.2. The van der Waals surface area contributed by atoms with Crippen molar-refractivity contribution in [1.82, 2.24) is 0 Å². The molecular weight excluding hydrogens is 485 g/mol. The number of hydrogen-bond acceptors (Lipinski definition) is 2. The van der Waals surface area contributed by atoms with Gasteiger partial charge >= 0.3 is 5.97 Å². The average molecular weight is 525 g/mol. The summed E-state index contributed by atoms with van der Waals surface area (Å²) in [5, 5.41) is 0. The van der Waals surface area contributed by atoms with Crippen molar-refractivity contribution in [1.29, 1.82) is 0 Å². The van der Waals surface area contributed by atoms with Crippen LogP contribution in [0.4, 0.5) is 13.2 Å². The first kappa shape index (κ1) is 28.2. The lowest BCUT2D eigenvalue weighted by Crippen LogP contribution is -2.31. The Bertz CT molecular complexity index is 1150. The molecule has 0 N–H and O–H groups in total. The Hall–Kier alpha value is -2.82. The summed E-state index contributed by atoms with van der Waals surface area (Å²) in [6.45, 7) is 3.96. The van der Waals surface area contributed by atoms with E-state index in [1.807, 2.05) is 19.1 Å². The predicted molar refractivity (Wildman–Crippen MR) is 146 cm³/mol. The number of hydrogen-bond donors (Lipinski definition) is 0. The van der Waals surface area contributed by atoms with Gasteiger partial charge in [-0.1, -0.05) is 36.8 Å². The lowest BCUT2D eigenvalue weighted by atomic mass is 9.63. The highest BCUT2D eigenvalue weighted by molar-refractivity contribution is 5.91. The number of benzene rings is 2. The molecule has 2 aliphatic carbocycles. The second kappa shape index (κ2) is 13.3. The molecule has 2 aliphatic rings. The molecule has 4 atom stereocenters. The molecule has 2 fully saturated rings. The predicted octanol–water partition coefficient (Wildman–Crippen LogP) is 9.49. The number of carbonyl (C=O) groups excluding carboxylic acids is 1. The highest BCUT2D eigenvalue weighted by atomic mass is 19.1. The van der Waals surface area contributed by atoms with E-state index in [2.05, 4.69) is 19.1 Å². The molecule has 2 saturated carbocycles. The molecule has 2 nitrogen and oxygen atoms in total. The molecule has 0 aromatic heterocycles. The van der Waals surface area contributed by atoms with E-state index in [1.165, 1.54) is 25.3 Å². The van der Waals surface area contributed by atoms with Crippen molar-refractivity contribution in [2.24, 2.45) is 17.8 Å². The second-order valence-corrected chi connectivity index (χ2v) is 11.0. The van der Waals surface area contributed by atoms with Gasteiger partial charge in [-0.25, -0.2) is 18.0 Å². The van der Waals surface area contributed by atoms with Gasteiger partial charge in [0.15, 0.2) is 0 Å². The van der Waals surface area contributed by atoms with Crippen LogP contribution in [0.25, 0.3) is 0 Å². The van der Waals surface area contributed by atoms with Crippen LogP contribution in [0.2, 0.25) is 0 Å². The number of carbonyl (C=O) groups is 1. The summed E-state index contributed by atoms with van der Waals surface area (Å²) in [5.41, 5.74) is 0.393. The standard InChI is InChI=1S/C33H39F3O2/c1-3-5-7-9-22-11-12-25-18-26(14-13-24(25)17-22)32-30(35)19-27(20-31(32)36)33(37)38-28-16-15-23(29(34)21-28)10-8-6-4-2/h3-6,15-16,19-22,24-26H,7-14,17-18H2,1-2H3/b5-3+,6-4+. The maximum Gasteiger partial charge on any atom is 0.343 e. The number of rotatable bonds is 9. The molecule has 0 spiro atoms. The lowest BCUT2D eigenvalue weighted by Gasteiger charge is -2.42. The van der Waals surface area contributed by atoms with Gasteiger partial charge in [0.25, 0.3) is 0 Å². The second-order valence-electron chi connectivity index (χ2n) is 11.0. The van der Waals surface area contributed by atoms with Gasteiger partial charge in [-0.3, -0.25) is 0 Å². The van der Waals surface area contributed by atoms with Crippen LogP contribution in [0.3, 0.4) is 0 Å². The number of allylic oxidation sites excluding steroid dienone is 4. The van der Waals surface area contributed by atoms with Crippen molar-refractivity contribution in [2.75, 3.05) is 0 Å². The molecule has 2 aromatic rings. The third-order valence-corrected chi connectivity index (χ3v) is 8.47. The van der Waals surface area contributed by atoms with E-state index in [9.17, 15) is 9.18 Å². The van der Waals surface area contributed by atoms with Crippen LogP contribution in [0.5, 0.6) is 5.75 Å². The first-order chi connectivity index (χ1) is 18.4. The smallest absolute Gasteiger partial charge is 0.343 e. The van der Waals surface area contributed by atoms with Gasteiger partial charge in [-0.15, -0.1) is 0 Å². The molecule has 0 bridgehead atoms. The molecule has 0 amide bonds. The normalized spacial score (nSPS) is 23.6.